The van der Waals surface area contributed by atoms with Crippen LogP contribution in [0.3, 0.4) is 0 Å². The molecule has 0 bridgehead atoms. The maximum Gasteiger partial charge on any atom is 0.162 e. The second kappa shape index (κ2) is 7.15. The number of nitrogens with zero attached hydrogens (tertiary/aromatic N) is 1. The van der Waals surface area contributed by atoms with Gasteiger partial charge in [-0.1, -0.05) is 0 Å². The Morgan fingerprint density at radius 1 is 0.960 bits per heavy atom. The number of Topliss-reactive ketones (excluding diaryl/α,β-unsaturated/α-hetero) is 3. The molecule has 132 valence electrons. The van der Waals surface area contributed by atoms with Crippen LogP contribution in [0.1, 0.15) is 38.5 Å². The Morgan fingerprint density at radius 2 is 1.52 bits per heavy atom. The van der Waals surface area contributed by atoms with Gasteiger partial charge in [-0.25, -0.2) is 4.39 Å². The fraction of sp³-hybridized carbons (Fsp3) is 0.444. The third kappa shape index (κ3) is 3.42. The zero-order chi connectivity index (χ0) is 18.1. The molecule has 2 saturated carbocycles. The lowest BCUT2D eigenvalue weighted by atomic mass is 9.85. The van der Waals surface area contributed by atoms with E-state index in [1.54, 1.807) is 0 Å². The van der Waals surface area contributed by atoms with E-state index < -0.39 is 17.9 Å². The number of benzene rings is 1. The summed E-state index contributed by atoms with van der Waals surface area (Å²) in [6.07, 6.45) is 2.39. The summed E-state index contributed by atoms with van der Waals surface area (Å²) in [5, 5.41) is 8.23. The molecule has 1 atom stereocenters. The average molecular weight is 409 g/mol. The second-order valence-corrected chi connectivity index (χ2v) is 7.30. The molecule has 0 saturated heterocycles. The minimum Gasteiger partial charge on any atom is -0.340 e. The zero-order valence-electron chi connectivity index (χ0n) is 13.6. The molecule has 0 amide bonds. The van der Waals surface area contributed by atoms with Crippen LogP contribution in [0.4, 0.5) is 10.1 Å². The highest BCUT2D eigenvalue weighted by molar-refractivity contribution is 9.10. The van der Waals surface area contributed by atoms with Crippen molar-refractivity contribution in [2.75, 3.05) is 4.90 Å². The summed E-state index contributed by atoms with van der Waals surface area (Å²) >= 11 is 3.11. The molecule has 0 aliphatic heterocycles. The van der Waals surface area contributed by atoms with Crippen LogP contribution in [0.25, 0.3) is 0 Å². The number of halogens is 2. The van der Waals surface area contributed by atoms with E-state index in [2.05, 4.69) is 15.9 Å². The van der Waals surface area contributed by atoms with Gasteiger partial charge in [-0.2, -0.15) is 0 Å². The van der Waals surface area contributed by atoms with Crippen molar-refractivity contribution in [3.63, 3.8) is 0 Å². The summed E-state index contributed by atoms with van der Waals surface area (Å²) in [7, 11) is 0. The van der Waals surface area contributed by atoms with Gasteiger partial charge in [0, 0.05) is 30.7 Å². The van der Waals surface area contributed by atoms with E-state index in [1.165, 1.54) is 23.1 Å². The first-order valence-electron chi connectivity index (χ1n) is 8.29. The Labute approximate surface area is 153 Å². The van der Waals surface area contributed by atoms with Crippen LogP contribution in [0.2, 0.25) is 0 Å². The summed E-state index contributed by atoms with van der Waals surface area (Å²) < 4.78 is 13.8. The van der Waals surface area contributed by atoms with E-state index in [-0.39, 0.29) is 40.4 Å². The fourth-order valence-corrected chi connectivity index (χ4v) is 3.90. The molecule has 0 radical (unpaired) electrons. The third-order valence-electron chi connectivity index (χ3n) is 4.72. The van der Waals surface area contributed by atoms with Crippen molar-refractivity contribution in [2.45, 2.75) is 50.6 Å². The van der Waals surface area contributed by atoms with Crippen molar-refractivity contribution in [1.29, 1.82) is 5.41 Å². The lowest BCUT2D eigenvalue weighted by Crippen LogP contribution is -2.59. The number of anilines is 1. The van der Waals surface area contributed by atoms with Crippen LogP contribution in [0.15, 0.2) is 22.7 Å². The van der Waals surface area contributed by atoms with E-state index in [0.717, 1.165) is 0 Å². The number of hydrogen-bond donors (Lipinski definition) is 1. The first-order valence-corrected chi connectivity index (χ1v) is 9.08. The SMILES string of the molecule is N=C1CCCC(=O)C1N(c1ccc(F)c(Br)c1)C1C(=O)CCCC1=O. The largest absolute Gasteiger partial charge is 0.340 e. The Bertz CT molecular complexity index is 695. The number of carbonyl (C=O) groups excluding carboxylic acids is 3. The molecule has 1 N–H and O–H groups in total. The van der Waals surface area contributed by atoms with Crippen molar-refractivity contribution < 1.29 is 18.8 Å². The first-order chi connectivity index (χ1) is 11.9. The van der Waals surface area contributed by atoms with Crippen LogP contribution in [-0.2, 0) is 14.4 Å². The van der Waals surface area contributed by atoms with Crippen molar-refractivity contribution in [3.8, 4) is 0 Å². The van der Waals surface area contributed by atoms with Crippen molar-refractivity contribution in [3.05, 3.63) is 28.5 Å². The maximum atomic E-state index is 13.6. The number of ketones is 3. The molecule has 2 fully saturated rings. The zero-order valence-corrected chi connectivity index (χ0v) is 15.1. The van der Waals surface area contributed by atoms with Crippen LogP contribution in [0.5, 0.6) is 0 Å². The van der Waals surface area contributed by atoms with Gasteiger partial charge in [-0.15, -0.1) is 0 Å². The number of nitrogens with one attached hydrogen (secondary N) is 1. The summed E-state index contributed by atoms with van der Waals surface area (Å²) in [6.45, 7) is 0. The summed E-state index contributed by atoms with van der Waals surface area (Å²) in [5.74, 6) is -1.15. The van der Waals surface area contributed by atoms with Crippen LogP contribution in [0, 0.1) is 11.2 Å². The van der Waals surface area contributed by atoms with E-state index in [1.807, 2.05) is 0 Å². The van der Waals surface area contributed by atoms with Gasteiger partial charge in [0.15, 0.2) is 17.3 Å². The number of rotatable bonds is 3. The highest BCUT2D eigenvalue weighted by Crippen LogP contribution is 2.32. The summed E-state index contributed by atoms with van der Waals surface area (Å²) in [6, 6.07) is 2.10. The molecule has 0 spiro atoms. The van der Waals surface area contributed by atoms with Crippen molar-refractivity contribution >= 4 is 44.7 Å². The van der Waals surface area contributed by atoms with Gasteiger partial charge in [0.25, 0.3) is 0 Å². The Kier molecular flexibility index (Phi) is 5.13. The van der Waals surface area contributed by atoms with E-state index in [0.29, 0.717) is 31.4 Å². The van der Waals surface area contributed by atoms with Gasteiger partial charge in [0.05, 0.1) is 4.47 Å². The molecule has 5 nitrogen and oxygen atoms in total. The molecule has 2 aliphatic carbocycles. The molecule has 7 heteroatoms. The third-order valence-corrected chi connectivity index (χ3v) is 5.33. The quantitative estimate of drug-likeness (QED) is 0.778. The highest BCUT2D eigenvalue weighted by Gasteiger charge is 2.43. The second-order valence-electron chi connectivity index (χ2n) is 6.44. The van der Waals surface area contributed by atoms with Crippen LogP contribution < -0.4 is 4.90 Å². The van der Waals surface area contributed by atoms with Crippen molar-refractivity contribution in [1.82, 2.24) is 0 Å². The first kappa shape index (κ1) is 17.9. The van der Waals surface area contributed by atoms with Gasteiger partial charge >= 0.3 is 0 Å². The lowest BCUT2D eigenvalue weighted by molar-refractivity contribution is -0.131. The molecule has 2 aliphatic rings. The minimum atomic E-state index is -1.08. The van der Waals surface area contributed by atoms with Gasteiger partial charge in [0.2, 0.25) is 0 Å². The summed E-state index contributed by atoms with van der Waals surface area (Å²) in [4.78, 5) is 39.0. The monoisotopic (exact) mass is 408 g/mol. The normalized spacial score (nSPS) is 22.4. The molecule has 0 heterocycles. The van der Waals surface area contributed by atoms with Crippen molar-refractivity contribution in [2.24, 2.45) is 0 Å². The Balaban J connectivity index is 2.11. The predicted octanol–water partition coefficient (Wildman–Crippen LogP) is 3.23. The van der Waals surface area contributed by atoms with E-state index in [9.17, 15) is 18.8 Å². The topological polar surface area (TPSA) is 78.3 Å². The van der Waals surface area contributed by atoms with Gasteiger partial charge in [-0.3, -0.25) is 14.4 Å². The van der Waals surface area contributed by atoms with Gasteiger partial charge in [-0.05, 0) is 53.4 Å². The molecule has 1 aromatic rings. The smallest absolute Gasteiger partial charge is 0.162 e. The van der Waals surface area contributed by atoms with Gasteiger partial charge in [0.1, 0.15) is 17.9 Å². The average Bonchev–Trinajstić information content (AvgIpc) is 2.55. The van der Waals surface area contributed by atoms with Crippen LogP contribution in [-0.4, -0.2) is 35.1 Å². The lowest BCUT2D eigenvalue weighted by Gasteiger charge is -2.40. The molecular weight excluding hydrogens is 391 g/mol. The number of hydrogen-bond acceptors (Lipinski definition) is 5. The predicted molar refractivity (Wildman–Crippen MR) is 94.6 cm³/mol. The van der Waals surface area contributed by atoms with E-state index >= 15 is 0 Å². The fourth-order valence-electron chi connectivity index (χ4n) is 3.54. The number of carbonyl (C=O) groups is 3. The minimum absolute atomic E-state index is 0.178. The summed E-state index contributed by atoms with van der Waals surface area (Å²) in [5.41, 5.74) is 0.592. The molecule has 3 rings (SSSR count). The molecule has 1 unspecified atom stereocenters. The molecule has 1 aromatic carbocycles. The van der Waals surface area contributed by atoms with Gasteiger partial charge < -0.3 is 10.3 Å². The highest BCUT2D eigenvalue weighted by atomic mass is 79.9. The standard InChI is InChI=1S/C18H18BrFN2O3/c19-11-9-10(7-8-12(11)20)22(17-13(21)3-1-4-14(17)23)18-15(24)5-2-6-16(18)25/h7-9,17-18,21H,1-6H2. The maximum absolute atomic E-state index is 13.6. The molecule has 0 aromatic heterocycles. The Morgan fingerprint density at radius 3 is 2.08 bits per heavy atom. The van der Waals surface area contributed by atoms with Crippen LogP contribution >= 0.6 is 15.9 Å². The molecular formula is C18H18BrFN2O3. The Hall–Kier alpha value is -1.89. The molecule has 25 heavy (non-hydrogen) atoms. The van der Waals surface area contributed by atoms with E-state index in [4.69, 9.17) is 5.41 Å².